The molecule has 0 spiro atoms. The Labute approximate surface area is 206 Å². The van der Waals surface area contributed by atoms with Gasteiger partial charge in [-0.2, -0.15) is 0 Å². The Morgan fingerprint density at radius 1 is 1.15 bits per heavy atom. The maximum atomic E-state index is 13.9. The number of thiophene rings is 1. The summed E-state index contributed by atoms with van der Waals surface area (Å²) in [4.78, 5) is 29.7. The first-order valence-electron chi connectivity index (χ1n) is 12.7. The van der Waals surface area contributed by atoms with Crippen LogP contribution in [-0.4, -0.2) is 38.9 Å². The molecule has 5 rings (SSSR count). The number of rotatable bonds is 6. The van der Waals surface area contributed by atoms with E-state index in [1.54, 1.807) is 11.3 Å². The molecule has 180 valence electrons. The maximum Gasteiger partial charge on any atom is 0.271 e. The molecule has 1 aromatic carbocycles. The van der Waals surface area contributed by atoms with E-state index in [2.05, 4.69) is 52.5 Å². The molecule has 0 radical (unpaired) electrons. The summed E-state index contributed by atoms with van der Waals surface area (Å²) in [6.07, 6.45) is 8.57. The summed E-state index contributed by atoms with van der Waals surface area (Å²) < 4.78 is 3.18. The SMILES string of the molecule is C[C@H](CCc1ccccc1)N1C(=O)c2cc3sccc3n2C[C@]1(C)C(=O)NC1CCCCCC1. The number of carbonyl (C=O) groups is 2. The summed E-state index contributed by atoms with van der Waals surface area (Å²) in [7, 11) is 0. The van der Waals surface area contributed by atoms with Crippen LogP contribution in [0.25, 0.3) is 10.2 Å². The van der Waals surface area contributed by atoms with Gasteiger partial charge in [-0.05, 0) is 62.6 Å². The highest BCUT2D eigenvalue weighted by molar-refractivity contribution is 7.17. The molecule has 1 aliphatic heterocycles. The number of nitrogens with zero attached hydrogens (tertiary/aromatic N) is 2. The Morgan fingerprint density at radius 3 is 2.62 bits per heavy atom. The molecule has 2 amide bonds. The second-order valence-corrected chi connectivity index (χ2v) is 11.2. The van der Waals surface area contributed by atoms with E-state index in [0.29, 0.717) is 12.2 Å². The van der Waals surface area contributed by atoms with Crippen LogP contribution in [0.1, 0.15) is 74.8 Å². The van der Waals surface area contributed by atoms with Gasteiger partial charge < -0.3 is 14.8 Å². The molecule has 1 saturated carbocycles. The van der Waals surface area contributed by atoms with Crippen molar-refractivity contribution in [1.82, 2.24) is 14.8 Å². The quantitative estimate of drug-likeness (QED) is 0.458. The molecular weight excluding hydrogens is 442 g/mol. The van der Waals surface area contributed by atoms with Crippen molar-refractivity contribution in [2.24, 2.45) is 0 Å². The molecule has 2 atom stereocenters. The number of nitrogens with one attached hydrogen (secondary N) is 1. The van der Waals surface area contributed by atoms with Gasteiger partial charge in [0, 0.05) is 12.1 Å². The highest BCUT2D eigenvalue weighted by Crippen LogP contribution is 2.36. The van der Waals surface area contributed by atoms with E-state index in [0.717, 1.165) is 48.7 Å². The summed E-state index contributed by atoms with van der Waals surface area (Å²) in [5, 5.41) is 5.43. The van der Waals surface area contributed by atoms with Gasteiger partial charge in [0.25, 0.3) is 5.91 Å². The number of aromatic nitrogens is 1. The van der Waals surface area contributed by atoms with E-state index >= 15 is 0 Å². The average Bonchev–Trinajstić information content (AvgIpc) is 3.33. The third-order valence-corrected chi connectivity index (χ3v) is 8.63. The number of aryl methyl sites for hydroxylation is 1. The van der Waals surface area contributed by atoms with Gasteiger partial charge in [0.2, 0.25) is 5.91 Å². The van der Waals surface area contributed by atoms with Crippen LogP contribution in [0.4, 0.5) is 0 Å². The molecule has 34 heavy (non-hydrogen) atoms. The van der Waals surface area contributed by atoms with E-state index in [-0.39, 0.29) is 23.9 Å². The smallest absolute Gasteiger partial charge is 0.271 e. The summed E-state index contributed by atoms with van der Waals surface area (Å²) in [5.41, 5.74) is 2.08. The Balaban J connectivity index is 1.45. The van der Waals surface area contributed by atoms with Gasteiger partial charge in [-0.15, -0.1) is 11.3 Å². The van der Waals surface area contributed by atoms with Crippen molar-refractivity contribution in [3.63, 3.8) is 0 Å². The minimum Gasteiger partial charge on any atom is -0.351 e. The predicted molar refractivity (Wildman–Crippen MR) is 138 cm³/mol. The summed E-state index contributed by atoms with van der Waals surface area (Å²) in [6.45, 7) is 4.55. The predicted octanol–water partition coefficient (Wildman–Crippen LogP) is 5.78. The number of benzene rings is 1. The molecule has 1 aliphatic carbocycles. The largest absolute Gasteiger partial charge is 0.351 e. The molecule has 0 unspecified atom stereocenters. The molecule has 0 saturated heterocycles. The van der Waals surface area contributed by atoms with Crippen LogP contribution in [0.15, 0.2) is 47.8 Å². The lowest BCUT2D eigenvalue weighted by molar-refractivity contribution is -0.135. The van der Waals surface area contributed by atoms with Gasteiger partial charge in [0.15, 0.2) is 0 Å². The van der Waals surface area contributed by atoms with E-state index in [1.165, 1.54) is 18.4 Å². The van der Waals surface area contributed by atoms with Crippen molar-refractivity contribution >= 4 is 33.4 Å². The lowest BCUT2D eigenvalue weighted by Crippen LogP contribution is -2.67. The first kappa shape index (κ1) is 23.2. The van der Waals surface area contributed by atoms with Crippen molar-refractivity contribution in [2.75, 3.05) is 0 Å². The van der Waals surface area contributed by atoms with Crippen molar-refractivity contribution in [2.45, 2.75) is 89.4 Å². The molecule has 1 N–H and O–H groups in total. The van der Waals surface area contributed by atoms with Crippen LogP contribution in [0.5, 0.6) is 0 Å². The first-order valence-corrected chi connectivity index (χ1v) is 13.6. The highest BCUT2D eigenvalue weighted by atomic mass is 32.1. The van der Waals surface area contributed by atoms with Crippen molar-refractivity contribution in [3.05, 3.63) is 59.1 Å². The third-order valence-electron chi connectivity index (χ3n) is 7.77. The van der Waals surface area contributed by atoms with E-state index < -0.39 is 5.54 Å². The lowest BCUT2D eigenvalue weighted by Gasteiger charge is -2.47. The van der Waals surface area contributed by atoms with Crippen LogP contribution in [0, 0.1) is 0 Å². The monoisotopic (exact) mass is 477 g/mol. The molecule has 3 aromatic rings. The fraction of sp³-hybridized carbons (Fsp3) is 0.500. The minimum atomic E-state index is -0.930. The molecule has 2 aromatic heterocycles. The van der Waals surface area contributed by atoms with Gasteiger partial charge in [0.1, 0.15) is 11.2 Å². The maximum absolute atomic E-state index is 13.9. The number of hydrogen-bond donors (Lipinski definition) is 1. The minimum absolute atomic E-state index is 0.0120. The average molecular weight is 478 g/mol. The molecule has 3 heterocycles. The number of hydrogen-bond acceptors (Lipinski definition) is 3. The Kier molecular flexibility index (Phi) is 6.52. The van der Waals surface area contributed by atoms with Gasteiger partial charge >= 0.3 is 0 Å². The second-order valence-electron chi connectivity index (χ2n) is 10.3. The Morgan fingerprint density at radius 2 is 1.88 bits per heavy atom. The van der Waals surface area contributed by atoms with Gasteiger partial charge in [-0.3, -0.25) is 9.59 Å². The second kappa shape index (κ2) is 9.57. The lowest BCUT2D eigenvalue weighted by atomic mass is 9.90. The standard InChI is InChI=1S/C28H35N3O2S/c1-20(14-15-21-10-6-5-7-11-21)31-26(32)24-18-25-23(16-17-34-25)30(24)19-28(31,2)27(33)29-22-12-8-3-4-9-13-22/h5-7,10-11,16-18,20,22H,3-4,8-9,12-15,19H2,1-2H3,(H,29,33)/t20-,28-/m1/s1. The highest BCUT2D eigenvalue weighted by Gasteiger charge is 2.49. The molecule has 6 heteroatoms. The Bertz CT molecular complexity index is 1160. The fourth-order valence-corrected chi connectivity index (χ4v) is 6.66. The Hall–Kier alpha value is -2.60. The number of fused-ring (bicyclic) bond motifs is 3. The fourth-order valence-electron chi connectivity index (χ4n) is 5.84. The van der Waals surface area contributed by atoms with Crippen LogP contribution >= 0.6 is 11.3 Å². The van der Waals surface area contributed by atoms with Crippen molar-refractivity contribution < 1.29 is 9.59 Å². The van der Waals surface area contributed by atoms with Crippen LogP contribution in [-0.2, 0) is 17.8 Å². The summed E-state index contributed by atoms with van der Waals surface area (Å²) in [6, 6.07) is 14.6. The van der Waals surface area contributed by atoms with Gasteiger partial charge in [-0.1, -0.05) is 56.0 Å². The van der Waals surface area contributed by atoms with Crippen molar-refractivity contribution in [3.8, 4) is 0 Å². The topological polar surface area (TPSA) is 54.3 Å². The summed E-state index contributed by atoms with van der Waals surface area (Å²) >= 11 is 1.65. The zero-order valence-electron chi connectivity index (χ0n) is 20.3. The van der Waals surface area contributed by atoms with E-state index in [9.17, 15) is 9.59 Å². The van der Waals surface area contributed by atoms with Crippen LogP contribution in [0.3, 0.4) is 0 Å². The van der Waals surface area contributed by atoms with Crippen LogP contribution < -0.4 is 5.32 Å². The first-order chi connectivity index (χ1) is 16.5. The molecule has 1 fully saturated rings. The summed E-state index contributed by atoms with van der Waals surface area (Å²) in [5.74, 6) is -0.0456. The number of carbonyl (C=O) groups excluding carboxylic acids is 2. The molecule has 2 aliphatic rings. The number of amides is 2. The van der Waals surface area contributed by atoms with Crippen LogP contribution in [0.2, 0.25) is 0 Å². The molecular formula is C28H35N3O2S. The van der Waals surface area contributed by atoms with Gasteiger partial charge in [-0.25, -0.2) is 0 Å². The van der Waals surface area contributed by atoms with E-state index in [4.69, 9.17) is 0 Å². The van der Waals surface area contributed by atoms with Gasteiger partial charge in [0.05, 0.1) is 16.8 Å². The van der Waals surface area contributed by atoms with Crippen molar-refractivity contribution in [1.29, 1.82) is 0 Å². The zero-order chi connectivity index (χ0) is 23.7. The normalized spacial score (nSPS) is 22.4. The van der Waals surface area contributed by atoms with E-state index in [1.807, 2.05) is 24.0 Å². The molecule has 5 nitrogen and oxygen atoms in total. The zero-order valence-corrected chi connectivity index (χ0v) is 21.1. The third kappa shape index (κ3) is 4.28. The molecule has 0 bridgehead atoms.